The summed E-state index contributed by atoms with van der Waals surface area (Å²) in [5.74, 6) is 1.55. The molecule has 7 nitrogen and oxygen atoms in total. The number of sulfonamides is 1. The van der Waals surface area contributed by atoms with Crippen molar-refractivity contribution in [1.82, 2.24) is 14.9 Å². The Morgan fingerprint density at radius 2 is 2.00 bits per heavy atom. The molecule has 0 aliphatic carbocycles. The summed E-state index contributed by atoms with van der Waals surface area (Å²) in [6, 6.07) is 7.96. The number of nitrogens with zero attached hydrogens (tertiary/aromatic N) is 2. The molecule has 1 atom stereocenters. The lowest BCUT2D eigenvalue weighted by molar-refractivity contribution is 0.230. The van der Waals surface area contributed by atoms with E-state index in [4.69, 9.17) is 4.74 Å². The Balaban J connectivity index is 0.00000729. The maximum atomic E-state index is 11.6. The number of hydrogen-bond acceptors (Lipinski definition) is 4. The van der Waals surface area contributed by atoms with Gasteiger partial charge in [0.15, 0.2) is 5.96 Å². The Morgan fingerprint density at radius 1 is 1.29 bits per heavy atom. The lowest BCUT2D eigenvalue weighted by Crippen LogP contribution is -2.40. The number of aryl methyl sites for hydroxylation is 1. The molecule has 0 saturated heterocycles. The molecule has 0 fully saturated rings. The fourth-order valence-electron chi connectivity index (χ4n) is 2.54. The molecule has 1 aromatic rings. The number of aliphatic imine (C=N–C) groups is 1. The van der Waals surface area contributed by atoms with E-state index in [2.05, 4.69) is 15.6 Å². The van der Waals surface area contributed by atoms with Crippen molar-refractivity contribution >= 4 is 40.0 Å². The molecule has 0 saturated carbocycles. The van der Waals surface area contributed by atoms with Crippen molar-refractivity contribution < 1.29 is 13.2 Å². The molecule has 0 heterocycles. The zero-order valence-electron chi connectivity index (χ0n) is 17.6. The van der Waals surface area contributed by atoms with Crippen LogP contribution in [0.15, 0.2) is 29.3 Å². The fraction of sp³-hybridized carbons (Fsp3) is 0.632. The van der Waals surface area contributed by atoms with Gasteiger partial charge in [0, 0.05) is 26.2 Å². The van der Waals surface area contributed by atoms with Crippen LogP contribution in [0, 0.1) is 6.92 Å². The van der Waals surface area contributed by atoms with E-state index in [-0.39, 0.29) is 30.1 Å². The van der Waals surface area contributed by atoms with E-state index in [1.807, 2.05) is 52.0 Å². The van der Waals surface area contributed by atoms with Crippen LogP contribution in [0.1, 0.15) is 32.8 Å². The SMILES string of the molecule is CCNC(=NCC(C)Oc1cccc(C)c1)NCCCN(CC)S(C)(=O)=O.I. The molecule has 28 heavy (non-hydrogen) atoms. The summed E-state index contributed by atoms with van der Waals surface area (Å²) >= 11 is 0. The van der Waals surface area contributed by atoms with Crippen molar-refractivity contribution in [3.8, 4) is 5.75 Å². The number of halogens is 1. The molecule has 2 N–H and O–H groups in total. The van der Waals surface area contributed by atoms with Crippen LogP contribution in [0.5, 0.6) is 5.75 Å². The second-order valence-electron chi connectivity index (χ2n) is 6.50. The van der Waals surface area contributed by atoms with Crippen LogP contribution in [-0.2, 0) is 10.0 Å². The number of nitrogens with one attached hydrogen (secondary N) is 2. The van der Waals surface area contributed by atoms with Crippen LogP contribution in [0.3, 0.4) is 0 Å². The molecule has 162 valence electrons. The van der Waals surface area contributed by atoms with Gasteiger partial charge in [0.05, 0.1) is 12.8 Å². The first-order chi connectivity index (χ1) is 12.8. The van der Waals surface area contributed by atoms with E-state index in [9.17, 15) is 8.42 Å². The Kier molecular flexibility index (Phi) is 13.5. The maximum Gasteiger partial charge on any atom is 0.211 e. The summed E-state index contributed by atoms with van der Waals surface area (Å²) in [7, 11) is -3.14. The third kappa shape index (κ3) is 11.1. The van der Waals surface area contributed by atoms with Crippen molar-refractivity contribution in [3.63, 3.8) is 0 Å². The second-order valence-corrected chi connectivity index (χ2v) is 8.48. The van der Waals surface area contributed by atoms with Gasteiger partial charge in [-0.3, -0.25) is 0 Å². The molecular formula is C19H35IN4O3S. The van der Waals surface area contributed by atoms with Gasteiger partial charge in [-0.25, -0.2) is 17.7 Å². The first kappa shape index (κ1) is 26.9. The lowest BCUT2D eigenvalue weighted by atomic mass is 10.2. The fourth-order valence-corrected chi connectivity index (χ4v) is 3.47. The summed E-state index contributed by atoms with van der Waals surface area (Å²) in [6.45, 7) is 10.8. The van der Waals surface area contributed by atoms with Crippen molar-refractivity contribution in [2.45, 2.75) is 40.2 Å². The molecule has 0 spiro atoms. The summed E-state index contributed by atoms with van der Waals surface area (Å²) in [5, 5.41) is 6.44. The minimum absolute atomic E-state index is 0. The highest BCUT2D eigenvalue weighted by Gasteiger charge is 2.13. The number of guanidine groups is 1. The average molecular weight is 526 g/mol. The van der Waals surface area contributed by atoms with Crippen LogP contribution in [0.4, 0.5) is 0 Å². The van der Waals surface area contributed by atoms with E-state index in [0.29, 0.717) is 38.6 Å². The van der Waals surface area contributed by atoms with Gasteiger partial charge >= 0.3 is 0 Å². The predicted molar refractivity (Wildman–Crippen MR) is 127 cm³/mol. The van der Waals surface area contributed by atoms with E-state index < -0.39 is 10.0 Å². The number of hydrogen-bond donors (Lipinski definition) is 2. The minimum Gasteiger partial charge on any atom is -0.489 e. The molecule has 0 amide bonds. The van der Waals surface area contributed by atoms with Gasteiger partial charge in [-0.05, 0) is 44.9 Å². The molecule has 0 bridgehead atoms. The average Bonchev–Trinajstić information content (AvgIpc) is 2.58. The lowest BCUT2D eigenvalue weighted by Gasteiger charge is -2.18. The van der Waals surface area contributed by atoms with Crippen molar-refractivity contribution in [3.05, 3.63) is 29.8 Å². The monoisotopic (exact) mass is 526 g/mol. The largest absolute Gasteiger partial charge is 0.489 e. The number of rotatable bonds is 11. The predicted octanol–water partition coefficient (Wildman–Crippen LogP) is 2.61. The third-order valence-electron chi connectivity index (χ3n) is 3.88. The van der Waals surface area contributed by atoms with Crippen molar-refractivity contribution in [2.75, 3.05) is 39.0 Å². The molecule has 0 aliphatic rings. The summed E-state index contributed by atoms with van der Waals surface area (Å²) < 4.78 is 30.6. The van der Waals surface area contributed by atoms with Gasteiger partial charge in [0.25, 0.3) is 0 Å². The Labute approximate surface area is 187 Å². The standard InChI is InChI=1S/C19H34N4O3S.HI/c1-6-20-19(21-12-9-13-23(7-2)27(5,24)25)22-15-17(4)26-18-11-8-10-16(3)14-18;/h8,10-11,14,17H,6-7,9,12-13,15H2,1-5H3,(H2,20,21,22);1H. The summed E-state index contributed by atoms with van der Waals surface area (Å²) in [5.41, 5.74) is 1.16. The minimum atomic E-state index is -3.14. The Morgan fingerprint density at radius 3 is 2.57 bits per heavy atom. The van der Waals surface area contributed by atoms with Crippen LogP contribution in [0.2, 0.25) is 0 Å². The van der Waals surface area contributed by atoms with E-state index in [0.717, 1.165) is 17.9 Å². The Hall–Kier alpha value is -1.07. The molecule has 1 aromatic carbocycles. The molecular weight excluding hydrogens is 491 g/mol. The van der Waals surface area contributed by atoms with Gasteiger partial charge in [0.2, 0.25) is 10.0 Å². The molecule has 1 unspecified atom stereocenters. The molecule has 0 radical (unpaired) electrons. The topological polar surface area (TPSA) is 83.0 Å². The smallest absolute Gasteiger partial charge is 0.211 e. The van der Waals surface area contributed by atoms with Gasteiger partial charge in [-0.2, -0.15) is 0 Å². The van der Waals surface area contributed by atoms with E-state index >= 15 is 0 Å². The summed E-state index contributed by atoms with van der Waals surface area (Å²) in [4.78, 5) is 4.56. The van der Waals surface area contributed by atoms with E-state index in [1.54, 1.807) is 0 Å². The summed E-state index contributed by atoms with van der Waals surface area (Å²) in [6.07, 6.45) is 1.90. The highest BCUT2D eigenvalue weighted by atomic mass is 127. The zero-order chi connectivity index (χ0) is 20.3. The molecule has 0 aliphatic heterocycles. The van der Waals surface area contributed by atoms with Gasteiger partial charge in [-0.15, -0.1) is 24.0 Å². The quantitative estimate of drug-likeness (QED) is 0.201. The van der Waals surface area contributed by atoms with E-state index in [1.165, 1.54) is 10.6 Å². The Bertz CT molecular complexity index is 698. The van der Waals surface area contributed by atoms with Crippen LogP contribution in [-0.4, -0.2) is 63.8 Å². The van der Waals surface area contributed by atoms with Crippen LogP contribution in [0.25, 0.3) is 0 Å². The van der Waals surface area contributed by atoms with Crippen molar-refractivity contribution in [2.24, 2.45) is 4.99 Å². The van der Waals surface area contributed by atoms with Gasteiger partial charge in [0.1, 0.15) is 11.9 Å². The number of benzene rings is 1. The van der Waals surface area contributed by atoms with Gasteiger partial charge in [-0.1, -0.05) is 19.1 Å². The zero-order valence-corrected chi connectivity index (χ0v) is 20.7. The third-order valence-corrected chi connectivity index (χ3v) is 5.25. The molecule has 1 rings (SSSR count). The highest BCUT2D eigenvalue weighted by Crippen LogP contribution is 2.14. The van der Waals surface area contributed by atoms with Crippen molar-refractivity contribution in [1.29, 1.82) is 0 Å². The highest BCUT2D eigenvalue weighted by molar-refractivity contribution is 14.0. The molecule has 0 aromatic heterocycles. The first-order valence-corrected chi connectivity index (χ1v) is 11.3. The molecule has 9 heteroatoms. The van der Waals surface area contributed by atoms with Crippen LogP contribution < -0.4 is 15.4 Å². The second kappa shape index (κ2) is 14.0. The first-order valence-electron chi connectivity index (χ1n) is 9.46. The van der Waals surface area contributed by atoms with Gasteiger partial charge < -0.3 is 15.4 Å². The maximum absolute atomic E-state index is 11.6. The van der Waals surface area contributed by atoms with Crippen LogP contribution >= 0.6 is 24.0 Å². The number of ether oxygens (including phenoxy) is 1. The normalized spacial score (nSPS) is 13.0.